The van der Waals surface area contributed by atoms with E-state index < -0.39 is 11.8 Å². The number of carbonyl (C=O) groups excluding carboxylic acids is 2. The van der Waals surface area contributed by atoms with Crippen LogP contribution in [0.25, 0.3) is 21.2 Å². The summed E-state index contributed by atoms with van der Waals surface area (Å²) in [5.41, 5.74) is 2.36. The highest BCUT2D eigenvalue weighted by Gasteiger charge is 2.26. The first kappa shape index (κ1) is 24.7. The molecule has 0 saturated carbocycles. The van der Waals surface area contributed by atoms with E-state index in [9.17, 15) is 9.59 Å². The zero-order valence-corrected chi connectivity index (χ0v) is 22.4. The third-order valence-electron chi connectivity index (χ3n) is 6.52. The van der Waals surface area contributed by atoms with Crippen molar-refractivity contribution >= 4 is 49.9 Å². The molecule has 0 unspecified atom stereocenters. The molecule has 1 aliphatic heterocycles. The smallest absolute Gasteiger partial charge is 0.311 e. The van der Waals surface area contributed by atoms with E-state index in [-0.39, 0.29) is 0 Å². The standard InChI is InChI=1S/C29H28BrN3O2S/c30-25-7-3-6-24(19-25)27-11-10-26(36-27)20-32-14-16-33(17-15-32)29(35)28(34)31-13-12-21-8-9-22-4-1-2-5-23(22)18-21/h1-11,18-19H,12-17,20H2,(H,31,34). The van der Waals surface area contributed by atoms with Crippen LogP contribution in [0.15, 0.2) is 83.3 Å². The van der Waals surface area contributed by atoms with E-state index in [1.165, 1.54) is 26.1 Å². The Labute approximate surface area is 223 Å². The number of halogens is 1. The molecule has 1 fully saturated rings. The molecule has 0 aliphatic carbocycles. The van der Waals surface area contributed by atoms with Crippen LogP contribution in [-0.4, -0.2) is 54.3 Å². The molecule has 1 aromatic heterocycles. The number of carbonyl (C=O) groups is 2. The van der Waals surface area contributed by atoms with Gasteiger partial charge in [0.25, 0.3) is 0 Å². The molecule has 4 aromatic rings. The van der Waals surface area contributed by atoms with Crippen molar-refractivity contribution < 1.29 is 9.59 Å². The van der Waals surface area contributed by atoms with Crippen LogP contribution in [0.4, 0.5) is 0 Å². The van der Waals surface area contributed by atoms with Gasteiger partial charge in [0.15, 0.2) is 0 Å². The molecule has 5 nitrogen and oxygen atoms in total. The van der Waals surface area contributed by atoms with Gasteiger partial charge in [0.2, 0.25) is 0 Å². The van der Waals surface area contributed by atoms with Gasteiger partial charge < -0.3 is 10.2 Å². The average molecular weight is 563 g/mol. The number of piperazine rings is 1. The lowest BCUT2D eigenvalue weighted by atomic mass is 10.1. The Kier molecular flexibility index (Phi) is 7.80. The molecule has 7 heteroatoms. The van der Waals surface area contributed by atoms with E-state index in [1.54, 1.807) is 16.2 Å². The zero-order chi connectivity index (χ0) is 24.9. The van der Waals surface area contributed by atoms with Gasteiger partial charge in [-0.1, -0.05) is 70.5 Å². The van der Waals surface area contributed by atoms with Crippen molar-refractivity contribution in [3.05, 3.63) is 93.8 Å². The highest BCUT2D eigenvalue weighted by molar-refractivity contribution is 9.10. The van der Waals surface area contributed by atoms with E-state index in [0.717, 1.165) is 29.7 Å². The molecule has 2 heterocycles. The minimum atomic E-state index is -0.513. The molecular formula is C29H28BrN3O2S. The van der Waals surface area contributed by atoms with E-state index in [4.69, 9.17) is 0 Å². The molecule has 5 rings (SSSR count). The number of nitrogens with one attached hydrogen (secondary N) is 1. The highest BCUT2D eigenvalue weighted by Crippen LogP contribution is 2.30. The number of amides is 2. The summed E-state index contributed by atoms with van der Waals surface area (Å²) >= 11 is 5.34. The molecule has 1 N–H and O–H groups in total. The summed E-state index contributed by atoms with van der Waals surface area (Å²) in [6.45, 7) is 3.97. The van der Waals surface area contributed by atoms with Crippen LogP contribution in [0.5, 0.6) is 0 Å². The first-order chi connectivity index (χ1) is 17.5. The Balaban J connectivity index is 1.06. The van der Waals surface area contributed by atoms with Gasteiger partial charge >= 0.3 is 11.8 Å². The summed E-state index contributed by atoms with van der Waals surface area (Å²) in [6.07, 6.45) is 0.695. The Bertz CT molecular complexity index is 1380. The number of benzene rings is 3. The monoisotopic (exact) mass is 561 g/mol. The van der Waals surface area contributed by atoms with E-state index in [2.05, 4.69) is 86.8 Å². The van der Waals surface area contributed by atoms with Gasteiger partial charge in [-0.2, -0.15) is 0 Å². The van der Waals surface area contributed by atoms with E-state index >= 15 is 0 Å². The molecule has 3 aromatic carbocycles. The first-order valence-electron chi connectivity index (χ1n) is 12.2. The Morgan fingerprint density at radius 2 is 1.67 bits per heavy atom. The summed E-state index contributed by atoms with van der Waals surface area (Å²) in [4.78, 5) is 31.7. The van der Waals surface area contributed by atoms with Crippen molar-refractivity contribution in [2.75, 3.05) is 32.7 Å². The SMILES string of the molecule is O=C(NCCc1ccc2ccccc2c1)C(=O)N1CCN(Cc2ccc(-c3cccc(Br)c3)s2)CC1. The van der Waals surface area contributed by atoms with Crippen LogP contribution in [0.3, 0.4) is 0 Å². The van der Waals surface area contributed by atoms with Gasteiger partial charge in [0, 0.05) is 53.5 Å². The highest BCUT2D eigenvalue weighted by atomic mass is 79.9. The topological polar surface area (TPSA) is 52.7 Å². The molecular weight excluding hydrogens is 534 g/mol. The van der Waals surface area contributed by atoms with Crippen molar-refractivity contribution in [2.45, 2.75) is 13.0 Å². The quantitative estimate of drug-likeness (QED) is 0.323. The lowest BCUT2D eigenvalue weighted by molar-refractivity contribution is -0.147. The maximum Gasteiger partial charge on any atom is 0.311 e. The predicted molar refractivity (Wildman–Crippen MR) is 150 cm³/mol. The molecule has 0 radical (unpaired) electrons. The molecule has 0 bridgehead atoms. The summed E-state index contributed by atoms with van der Waals surface area (Å²) in [6, 6.07) is 27.2. The van der Waals surface area contributed by atoms with Crippen molar-refractivity contribution in [3.63, 3.8) is 0 Å². The molecule has 1 saturated heterocycles. The van der Waals surface area contributed by atoms with Crippen molar-refractivity contribution in [1.29, 1.82) is 0 Å². The largest absolute Gasteiger partial charge is 0.347 e. The second kappa shape index (κ2) is 11.4. The summed E-state index contributed by atoms with van der Waals surface area (Å²) < 4.78 is 1.08. The fourth-order valence-corrected chi connectivity index (χ4v) is 5.97. The van der Waals surface area contributed by atoms with Crippen molar-refractivity contribution in [2.24, 2.45) is 0 Å². The van der Waals surface area contributed by atoms with Gasteiger partial charge in [-0.15, -0.1) is 11.3 Å². The fourth-order valence-electron chi connectivity index (χ4n) is 4.52. The maximum atomic E-state index is 12.7. The molecule has 36 heavy (non-hydrogen) atoms. The van der Waals surface area contributed by atoms with Gasteiger partial charge in [0.05, 0.1) is 0 Å². The van der Waals surface area contributed by atoms with Crippen molar-refractivity contribution in [1.82, 2.24) is 15.1 Å². The third kappa shape index (κ3) is 6.03. The molecule has 1 aliphatic rings. The number of hydrogen-bond donors (Lipinski definition) is 1. The number of hydrogen-bond acceptors (Lipinski definition) is 4. The van der Waals surface area contributed by atoms with Gasteiger partial charge in [-0.25, -0.2) is 0 Å². The summed E-state index contributed by atoms with van der Waals surface area (Å²) in [5, 5.41) is 5.18. The number of thiophene rings is 1. The van der Waals surface area contributed by atoms with E-state index in [1.807, 2.05) is 18.2 Å². The van der Waals surface area contributed by atoms with Crippen LogP contribution in [0.2, 0.25) is 0 Å². The minimum absolute atomic E-state index is 0.429. The van der Waals surface area contributed by atoms with Gasteiger partial charge in [0.1, 0.15) is 0 Å². The van der Waals surface area contributed by atoms with Crippen LogP contribution >= 0.6 is 27.3 Å². The van der Waals surface area contributed by atoms with Gasteiger partial charge in [-0.05, 0) is 52.6 Å². The lowest BCUT2D eigenvalue weighted by Crippen LogP contribution is -2.52. The van der Waals surface area contributed by atoms with Crippen LogP contribution < -0.4 is 5.32 Å². The number of nitrogens with zero attached hydrogens (tertiary/aromatic N) is 2. The lowest BCUT2D eigenvalue weighted by Gasteiger charge is -2.34. The normalized spacial score (nSPS) is 14.2. The summed E-state index contributed by atoms with van der Waals surface area (Å²) in [5.74, 6) is -0.942. The summed E-state index contributed by atoms with van der Waals surface area (Å²) in [7, 11) is 0. The Hall–Kier alpha value is -3.00. The second-order valence-electron chi connectivity index (χ2n) is 9.03. The number of rotatable bonds is 6. The molecule has 184 valence electrons. The number of fused-ring (bicyclic) bond motifs is 1. The zero-order valence-electron chi connectivity index (χ0n) is 20.0. The molecule has 0 atom stereocenters. The maximum absolute atomic E-state index is 12.7. The second-order valence-corrected chi connectivity index (χ2v) is 11.1. The van der Waals surface area contributed by atoms with Crippen LogP contribution in [0, 0.1) is 0 Å². The predicted octanol–water partition coefficient (Wildman–Crippen LogP) is 5.33. The Morgan fingerprint density at radius 3 is 2.47 bits per heavy atom. The van der Waals surface area contributed by atoms with Crippen LogP contribution in [-0.2, 0) is 22.6 Å². The average Bonchev–Trinajstić information content (AvgIpc) is 3.37. The first-order valence-corrected chi connectivity index (χ1v) is 13.8. The molecule has 2 amide bonds. The van der Waals surface area contributed by atoms with E-state index in [0.29, 0.717) is 26.1 Å². The third-order valence-corrected chi connectivity index (χ3v) is 8.13. The van der Waals surface area contributed by atoms with Gasteiger partial charge in [-0.3, -0.25) is 14.5 Å². The van der Waals surface area contributed by atoms with Crippen LogP contribution in [0.1, 0.15) is 10.4 Å². The fraction of sp³-hybridized carbons (Fsp3) is 0.241. The Morgan fingerprint density at radius 1 is 0.861 bits per heavy atom. The molecule has 0 spiro atoms. The minimum Gasteiger partial charge on any atom is -0.347 e. The van der Waals surface area contributed by atoms with Crippen molar-refractivity contribution in [3.8, 4) is 10.4 Å².